The molecule has 1 aromatic rings. The molecule has 0 aliphatic carbocycles. The molecule has 0 heterocycles. The van der Waals surface area contributed by atoms with Crippen LogP contribution in [0.3, 0.4) is 0 Å². The maximum absolute atomic E-state index is 11.3. The predicted molar refractivity (Wildman–Crippen MR) is 80.2 cm³/mol. The van der Waals surface area contributed by atoms with Crippen molar-refractivity contribution in [2.75, 3.05) is 19.6 Å². The van der Waals surface area contributed by atoms with Crippen LogP contribution in [-0.4, -0.2) is 25.6 Å². The van der Waals surface area contributed by atoms with Gasteiger partial charge in [-0.15, -0.1) is 0 Å². The number of esters is 1. The van der Waals surface area contributed by atoms with Gasteiger partial charge in [-0.3, -0.25) is 4.79 Å². The average molecular weight is 274 g/mol. The van der Waals surface area contributed by atoms with Crippen molar-refractivity contribution in [2.45, 2.75) is 33.3 Å². The molecule has 1 atom stereocenters. The van der Waals surface area contributed by atoms with Gasteiger partial charge >= 0.3 is 5.97 Å². The van der Waals surface area contributed by atoms with Crippen LogP contribution in [0, 0.1) is 11.8 Å². The highest BCUT2D eigenvalue weighted by Crippen LogP contribution is 2.24. The summed E-state index contributed by atoms with van der Waals surface area (Å²) in [6.45, 7) is 10.4. The Balaban J connectivity index is 2.96. The third kappa shape index (κ3) is 4.71. The number of quaternary nitrogens is 1. The molecule has 0 amide bonds. The van der Waals surface area contributed by atoms with E-state index in [4.69, 9.17) is 4.74 Å². The molecule has 0 spiro atoms. The van der Waals surface area contributed by atoms with Gasteiger partial charge in [-0.2, -0.15) is 0 Å². The summed E-state index contributed by atoms with van der Waals surface area (Å²) in [5.74, 6) is 5.98. The highest BCUT2D eigenvalue weighted by atomic mass is 16.6. The molecule has 1 N–H and O–H groups in total. The minimum Gasteiger partial charge on any atom is -0.442 e. The number of hydrogen-bond donors (Lipinski definition) is 1. The molecule has 0 aromatic heterocycles. The van der Waals surface area contributed by atoms with E-state index in [-0.39, 0.29) is 5.97 Å². The lowest BCUT2D eigenvalue weighted by molar-refractivity contribution is -0.889. The van der Waals surface area contributed by atoms with Gasteiger partial charge in [0, 0.05) is 12.5 Å². The molecule has 108 valence electrons. The smallest absolute Gasteiger partial charge is 0.304 e. The summed E-state index contributed by atoms with van der Waals surface area (Å²) in [5.41, 5.74) is 0.0249. The summed E-state index contributed by atoms with van der Waals surface area (Å²) < 4.78 is 5.45. The fourth-order valence-corrected chi connectivity index (χ4v) is 2.04. The standard InChI is InChI=1S/C17H23NO2/c1-5-18(6-2)14-10-13-17(4,20-15(3)19)16-11-8-7-9-12-16/h7-9,11-12H,5-6,14H2,1-4H3/p+1/t17-/m1/s1. The van der Waals surface area contributed by atoms with Crippen LogP contribution in [0.15, 0.2) is 30.3 Å². The van der Waals surface area contributed by atoms with Crippen LogP contribution < -0.4 is 4.90 Å². The van der Waals surface area contributed by atoms with Crippen molar-refractivity contribution < 1.29 is 14.4 Å². The molecule has 0 aliphatic heterocycles. The van der Waals surface area contributed by atoms with Gasteiger partial charge in [0.15, 0.2) is 5.60 Å². The fraction of sp³-hybridized carbons (Fsp3) is 0.471. The summed E-state index contributed by atoms with van der Waals surface area (Å²) in [7, 11) is 0. The normalized spacial score (nSPS) is 13.2. The van der Waals surface area contributed by atoms with Crippen molar-refractivity contribution in [3.8, 4) is 11.8 Å². The summed E-state index contributed by atoms with van der Waals surface area (Å²) in [6, 6.07) is 9.65. The van der Waals surface area contributed by atoms with Gasteiger partial charge in [-0.1, -0.05) is 30.3 Å². The van der Waals surface area contributed by atoms with Gasteiger partial charge in [0.25, 0.3) is 0 Å². The lowest BCUT2D eigenvalue weighted by Crippen LogP contribution is -3.11. The lowest BCUT2D eigenvalue weighted by Gasteiger charge is -2.24. The van der Waals surface area contributed by atoms with E-state index in [1.807, 2.05) is 37.3 Å². The quantitative estimate of drug-likeness (QED) is 0.650. The average Bonchev–Trinajstić information content (AvgIpc) is 2.44. The molecule has 0 fully saturated rings. The monoisotopic (exact) mass is 274 g/mol. The Morgan fingerprint density at radius 1 is 1.25 bits per heavy atom. The van der Waals surface area contributed by atoms with E-state index in [2.05, 4.69) is 25.7 Å². The maximum Gasteiger partial charge on any atom is 0.304 e. The first-order valence-electron chi connectivity index (χ1n) is 7.10. The van der Waals surface area contributed by atoms with Crippen molar-refractivity contribution >= 4 is 5.97 Å². The van der Waals surface area contributed by atoms with Gasteiger partial charge in [0.1, 0.15) is 6.54 Å². The minimum absolute atomic E-state index is 0.319. The van der Waals surface area contributed by atoms with Crippen molar-refractivity contribution in [1.82, 2.24) is 0 Å². The van der Waals surface area contributed by atoms with Gasteiger partial charge in [-0.25, -0.2) is 0 Å². The van der Waals surface area contributed by atoms with Gasteiger partial charge in [0.05, 0.1) is 13.1 Å². The number of benzene rings is 1. The maximum atomic E-state index is 11.3. The van der Waals surface area contributed by atoms with Crippen LogP contribution in [0.2, 0.25) is 0 Å². The molecule has 0 unspecified atom stereocenters. The number of nitrogens with one attached hydrogen (secondary N) is 1. The van der Waals surface area contributed by atoms with Gasteiger partial charge < -0.3 is 9.64 Å². The molecule has 1 aromatic carbocycles. The van der Waals surface area contributed by atoms with Gasteiger partial charge in [-0.05, 0) is 32.6 Å². The van der Waals surface area contributed by atoms with Crippen molar-refractivity contribution in [3.63, 3.8) is 0 Å². The van der Waals surface area contributed by atoms with Crippen molar-refractivity contribution in [2.24, 2.45) is 0 Å². The molecule has 20 heavy (non-hydrogen) atoms. The van der Waals surface area contributed by atoms with E-state index >= 15 is 0 Å². The largest absolute Gasteiger partial charge is 0.442 e. The Labute approximate surface area is 121 Å². The number of rotatable bonds is 5. The number of hydrogen-bond acceptors (Lipinski definition) is 2. The minimum atomic E-state index is -0.875. The van der Waals surface area contributed by atoms with E-state index < -0.39 is 5.60 Å². The lowest BCUT2D eigenvalue weighted by atomic mass is 9.96. The van der Waals surface area contributed by atoms with Crippen LogP contribution in [0.5, 0.6) is 0 Å². The number of carbonyl (C=O) groups excluding carboxylic acids is 1. The first-order valence-corrected chi connectivity index (χ1v) is 7.10. The van der Waals surface area contributed by atoms with E-state index in [1.54, 1.807) is 0 Å². The Hall–Kier alpha value is -1.79. The Bertz CT molecular complexity index is 483. The van der Waals surface area contributed by atoms with E-state index in [1.165, 1.54) is 11.8 Å². The molecule has 1 rings (SSSR count). The van der Waals surface area contributed by atoms with Crippen LogP contribution >= 0.6 is 0 Å². The molecule has 0 saturated carbocycles. The molecular weight excluding hydrogens is 250 g/mol. The summed E-state index contributed by atoms with van der Waals surface area (Å²) in [5, 5.41) is 0. The van der Waals surface area contributed by atoms with E-state index in [9.17, 15) is 4.79 Å². The third-order valence-corrected chi connectivity index (χ3v) is 3.34. The molecular formula is C17H24NO2+. The molecule has 0 saturated heterocycles. The second kappa shape index (κ2) is 7.72. The highest BCUT2D eigenvalue weighted by Gasteiger charge is 2.27. The summed E-state index contributed by atoms with van der Waals surface area (Å²) in [4.78, 5) is 12.8. The van der Waals surface area contributed by atoms with Crippen molar-refractivity contribution in [1.29, 1.82) is 0 Å². The Morgan fingerprint density at radius 3 is 2.35 bits per heavy atom. The van der Waals surface area contributed by atoms with E-state index in [0.29, 0.717) is 0 Å². The Morgan fingerprint density at radius 2 is 1.85 bits per heavy atom. The topological polar surface area (TPSA) is 30.7 Å². The second-order valence-electron chi connectivity index (χ2n) is 4.93. The van der Waals surface area contributed by atoms with Crippen LogP contribution in [0.25, 0.3) is 0 Å². The summed E-state index contributed by atoms with van der Waals surface area (Å²) >= 11 is 0. The Kier molecular flexibility index (Phi) is 6.27. The number of carbonyl (C=O) groups is 1. The van der Waals surface area contributed by atoms with Crippen LogP contribution in [-0.2, 0) is 15.1 Å². The van der Waals surface area contributed by atoms with Crippen molar-refractivity contribution in [3.05, 3.63) is 35.9 Å². The molecule has 0 bridgehead atoms. The fourth-order valence-electron chi connectivity index (χ4n) is 2.04. The van der Waals surface area contributed by atoms with Crippen LogP contribution in [0.1, 0.15) is 33.3 Å². The SMILES string of the molecule is CC[NH+](CC)CC#C[C@@](C)(OC(C)=O)c1ccccc1. The highest BCUT2D eigenvalue weighted by molar-refractivity contribution is 5.67. The van der Waals surface area contributed by atoms with Crippen LogP contribution in [0.4, 0.5) is 0 Å². The predicted octanol–water partition coefficient (Wildman–Crippen LogP) is 1.39. The first kappa shape index (κ1) is 16.3. The zero-order chi connectivity index (χ0) is 15.0. The zero-order valence-corrected chi connectivity index (χ0v) is 12.8. The molecule has 3 nitrogen and oxygen atoms in total. The number of ether oxygens (including phenoxy) is 1. The van der Waals surface area contributed by atoms with Gasteiger partial charge in [0.2, 0.25) is 0 Å². The molecule has 0 aliphatic rings. The van der Waals surface area contributed by atoms with E-state index in [0.717, 1.165) is 25.2 Å². The zero-order valence-electron chi connectivity index (χ0n) is 12.8. The second-order valence-corrected chi connectivity index (χ2v) is 4.93. The summed E-state index contributed by atoms with van der Waals surface area (Å²) in [6.07, 6.45) is 0. The first-order chi connectivity index (χ1) is 9.51. The third-order valence-electron chi connectivity index (χ3n) is 3.34. The molecule has 0 radical (unpaired) electrons. The molecule has 3 heteroatoms.